The van der Waals surface area contributed by atoms with E-state index in [4.69, 9.17) is 4.74 Å². The maximum absolute atomic E-state index is 12.3. The van der Waals surface area contributed by atoms with Crippen molar-refractivity contribution in [2.24, 2.45) is 0 Å². The summed E-state index contributed by atoms with van der Waals surface area (Å²) < 4.78 is 11.2. The zero-order valence-corrected chi connectivity index (χ0v) is 14.2. The van der Waals surface area contributed by atoms with Crippen molar-refractivity contribution < 1.29 is 19.1 Å². The Labute approximate surface area is 139 Å². The van der Waals surface area contributed by atoms with Crippen LogP contribution in [0.25, 0.3) is 0 Å². The highest BCUT2D eigenvalue weighted by atomic mass is 16.5. The summed E-state index contributed by atoms with van der Waals surface area (Å²) in [5, 5.41) is 7.69. The molecule has 0 saturated heterocycles. The van der Waals surface area contributed by atoms with Crippen LogP contribution >= 0.6 is 0 Å². The Morgan fingerprint density at radius 1 is 1.17 bits per heavy atom. The summed E-state index contributed by atoms with van der Waals surface area (Å²) >= 11 is 0. The van der Waals surface area contributed by atoms with Crippen LogP contribution in [0.4, 0.5) is 0 Å². The molecule has 0 saturated carbocycles. The fourth-order valence-corrected chi connectivity index (χ4v) is 1.96. The minimum Gasteiger partial charge on any atom is -0.468 e. The number of carbonyl (C=O) groups excluding carboxylic acids is 2. The number of carbonyl (C=O) groups is 2. The second-order valence-corrected chi connectivity index (χ2v) is 5.29. The number of hydrogen-bond donors (Lipinski definition) is 0. The van der Waals surface area contributed by atoms with E-state index in [1.165, 1.54) is 18.0 Å². The molecule has 0 unspecified atom stereocenters. The first-order chi connectivity index (χ1) is 11.3. The number of aryl methyl sites for hydroxylation is 3. The van der Waals surface area contributed by atoms with Crippen molar-refractivity contribution in [2.75, 3.05) is 7.11 Å². The van der Waals surface area contributed by atoms with Gasteiger partial charge in [0, 0.05) is 0 Å². The van der Waals surface area contributed by atoms with Gasteiger partial charge in [0.15, 0.2) is 5.69 Å². The van der Waals surface area contributed by atoms with Gasteiger partial charge in [-0.15, -0.1) is 5.10 Å². The van der Waals surface area contributed by atoms with E-state index in [2.05, 4.69) is 25.0 Å². The Kier molecular flexibility index (Phi) is 5.22. The summed E-state index contributed by atoms with van der Waals surface area (Å²) in [7, 11) is 1.29. The Balaban J connectivity index is 2.09. The van der Waals surface area contributed by atoms with Crippen molar-refractivity contribution in [1.82, 2.24) is 25.0 Å². The average molecular weight is 333 g/mol. The highest BCUT2D eigenvalue weighted by molar-refractivity contribution is 5.88. The average Bonchev–Trinajstić information content (AvgIpc) is 2.99. The second kappa shape index (κ2) is 7.16. The molecule has 0 aliphatic carbocycles. The lowest BCUT2D eigenvalue weighted by Gasteiger charge is -2.12. The van der Waals surface area contributed by atoms with Crippen molar-refractivity contribution >= 4 is 11.9 Å². The molecular weight excluding hydrogens is 314 g/mol. The SMILES string of the molecule is COC(=O)Cn1cc([C@@H](C)OC(=O)c2nc(C)c(C)nc2C)nn1. The topological polar surface area (TPSA) is 109 Å². The van der Waals surface area contributed by atoms with Crippen LogP contribution in [0, 0.1) is 20.8 Å². The molecule has 0 radical (unpaired) electrons. The van der Waals surface area contributed by atoms with Gasteiger partial charge < -0.3 is 9.47 Å². The number of aromatic nitrogens is 5. The summed E-state index contributed by atoms with van der Waals surface area (Å²) in [5.74, 6) is -1.03. The smallest absolute Gasteiger partial charge is 0.359 e. The standard InChI is InChI=1S/C15H19N5O4/c1-8-9(2)17-14(10(3)16-8)15(22)24-11(4)12-6-20(19-18-12)7-13(21)23-5/h6,11H,7H2,1-5H3/t11-/m1/s1. The first kappa shape index (κ1) is 17.5. The van der Waals surface area contributed by atoms with Gasteiger partial charge >= 0.3 is 11.9 Å². The molecule has 0 aliphatic rings. The minimum atomic E-state index is -0.647. The Morgan fingerprint density at radius 2 is 1.83 bits per heavy atom. The van der Waals surface area contributed by atoms with Crippen molar-refractivity contribution in [1.29, 1.82) is 0 Å². The fraction of sp³-hybridized carbons (Fsp3) is 0.467. The number of ether oxygens (including phenoxy) is 2. The number of rotatable bonds is 5. The van der Waals surface area contributed by atoms with Gasteiger partial charge in [0.1, 0.15) is 18.3 Å². The number of nitrogens with zero attached hydrogens (tertiary/aromatic N) is 5. The Bertz CT molecular complexity index is 771. The highest BCUT2D eigenvalue weighted by Crippen LogP contribution is 2.17. The van der Waals surface area contributed by atoms with E-state index in [1.54, 1.807) is 20.8 Å². The molecule has 0 aromatic carbocycles. The van der Waals surface area contributed by atoms with E-state index in [9.17, 15) is 9.59 Å². The summed E-state index contributed by atoms with van der Waals surface area (Å²) in [6, 6.07) is 0. The lowest BCUT2D eigenvalue weighted by Crippen LogP contribution is -2.15. The molecule has 24 heavy (non-hydrogen) atoms. The molecule has 0 bridgehead atoms. The predicted octanol–water partition coefficient (Wildman–Crippen LogP) is 1.08. The summed E-state index contributed by atoms with van der Waals surface area (Å²) in [6.07, 6.45) is 0.875. The summed E-state index contributed by atoms with van der Waals surface area (Å²) in [4.78, 5) is 32.0. The van der Waals surface area contributed by atoms with Crippen LogP contribution in [-0.2, 0) is 20.8 Å². The molecule has 128 valence electrons. The fourth-order valence-electron chi connectivity index (χ4n) is 1.96. The molecule has 1 atom stereocenters. The van der Waals surface area contributed by atoms with E-state index < -0.39 is 18.0 Å². The Hall–Kier alpha value is -2.84. The molecule has 0 amide bonds. The molecule has 0 N–H and O–H groups in total. The van der Waals surface area contributed by atoms with Crippen molar-refractivity contribution in [3.8, 4) is 0 Å². The van der Waals surface area contributed by atoms with Gasteiger partial charge in [0.05, 0.1) is 30.4 Å². The molecule has 0 fully saturated rings. The third-order valence-corrected chi connectivity index (χ3v) is 3.45. The van der Waals surface area contributed by atoms with Crippen LogP contribution < -0.4 is 0 Å². The highest BCUT2D eigenvalue weighted by Gasteiger charge is 2.21. The maximum Gasteiger partial charge on any atom is 0.359 e. The lowest BCUT2D eigenvalue weighted by molar-refractivity contribution is -0.141. The molecule has 2 heterocycles. The second-order valence-electron chi connectivity index (χ2n) is 5.29. The van der Waals surface area contributed by atoms with Crippen LogP contribution in [0.5, 0.6) is 0 Å². The zero-order valence-electron chi connectivity index (χ0n) is 14.2. The quantitative estimate of drug-likeness (QED) is 0.748. The van der Waals surface area contributed by atoms with Crippen molar-refractivity contribution in [3.05, 3.63) is 34.7 Å². The van der Waals surface area contributed by atoms with E-state index >= 15 is 0 Å². The molecule has 0 spiro atoms. The molecular formula is C15H19N5O4. The number of esters is 2. The molecule has 2 rings (SSSR count). The molecule has 9 heteroatoms. The van der Waals surface area contributed by atoms with Gasteiger partial charge in [-0.3, -0.25) is 9.78 Å². The van der Waals surface area contributed by atoms with E-state index in [-0.39, 0.29) is 12.2 Å². The molecule has 9 nitrogen and oxygen atoms in total. The first-order valence-electron chi connectivity index (χ1n) is 7.31. The predicted molar refractivity (Wildman–Crippen MR) is 82.1 cm³/mol. The van der Waals surface area contributed by atoms with Gasteiger partial charge in [0.2, 0.25) is 0 Å². The molecule has 2 aromatic heterocycles. The van der Waals surface area contributed by atoms with Gasteiger partial charge in [-0.05, 0) is 27.7 Å². The van der Waals surface area contributed by atoms with Crippen LogP contribution in [0.15, 0.2) is 6.20 Å². The third kappa shape index (κ3) is 3.92. The van der Waals surface area contributed by atoms with Crippen molar-refractivity contribution in [3.63, 3.8) is 0 Å². The molecule has 2 aromatic rings. The van der Waals surface area contributed by atoms with Crippen LogP contribution in [-0.4, -0.2) is 44.0 Å². The number of hydrogen-bond acceptors (Lipinski definition) is 8. The van der Waals surface area contributed by atoms with E-state index in [0.717, 1.165) is 5.69 Å². The van der Waals surface area contributed by atoms with E-state index in [1.807, 2.05) is 6.92 Å². The van der Waals surface area contributed by atoms with Gasteiger partial charge in [-0.2, -0.15) is 0 Å². The monoisotopic (exact) mass is 333 g/mol. The summed E-state index contributed by atoms with van der Waals surface area (Å²) in [5.41, 5.74) is 2.53. The van der Waals surface area contributed by atoms with Crippen LogP contribution in [0.1, 0.15) is 46.3 Å². The lowest BCUT2D eigenvalue weighted by atomic mass is 10.2. The number of methoxy groups -OCH3 is 1. The van der Waals surface area contributed by atoms with Gasteiger partial charge in [-0.25, -0.2) is 14.5 Å². The zero-order chi connectivity index (χ0) is 17.9. The van der Waals surface area contributed by atoms with Crippen molar-refractivity contribution in [2.45, 2.75) is 40.3 Å². The van der Waals surface area contributed by atoms with E-state index in [0.29, 0.717) is 17.1 Å². The Morgan fingerprint density at radius 3 is 2.50 bits per heavy atom. The van der Waals surface area contributed by atoms with Crippen LogP contribution in [0.2, 0.25) is 0 Å². The minimum absolute atomic E-state index is 0.0636. The maximum atomic E-state index is 12.3. The summed E-state index contributed by atoms with van der Waals surface area (Å²) in [6.45, 7) is 6.90. The normalized spacial score (nSPS) is 11.9. The third-order valence-electron chi connectivity index (χ3n) is 3.45. The molecule has 0 aliphatic heterocycles. The van der Waals surface area contributed by atoms with Gasteiger partial charge in [-0.1, -0.05) is 5.21 Å². The van der Waals surface area contributed by atoms with Gasteiger partial charge in [0.25, 0.3) is 0 Å². The first-order valence-corrected chi connectivity index (χ1v) is 7.31. The van der Waals surface area contributed by atoms with Crippen LogP contribution in [0.3, 0.4) is 0 Å². The largest absolute Gasteiger partial charge is 0.468 e.